The van der Waals surface area contributed by atoms with Crippen LogP contribution in [0.25, 0.3) is 0 Å². The Morgan fingerprint density at radius 3 is 0.791 bits per heavy atom. The lowest BCUT2D eigenvalue weighted by Crippen LogP contribution is -2.15. The molecule has 0 saturated heterocycles. The minimum atomic E-state index is -0.698. The van der Waals surface area contributed by atoms with Crippen molar-refractivity contribution >= 4 is 10.0 Å². The fraction of sp³-hybridized carbons (Fsp3) is 0.857. The second-order valence-corrected chi connectivity index (χ2v) is 17.8. The molecule has 1 rings (SSSR count). The highest BCUT2D eigenvalue weighted by Gasteiger charge is 2.25. The Balaban J connectivity index is 2.56. The molecule has 0 heterocycles. The first-order valence-corrected chi connectivity index (χ1v) is 22.2. The van der Waals surface area contributed by atoms with Crippen LogP contribution in [-0.2, 0) is 0 Å². The topological polar surface area (TPSA) is 0 Å². The second kappa shape index (κ2) is 31.5. The van der Waals surface area contributed by atoms with E-state index < -0.39 is 10.0 Å². The molecule has 0 nitrogen and oxygen atoms in total. The highest BCUT2D eigenvalue weighted by molar-refractivity contribution is 8.33. The first-order valence-electron chi connectivity index (χ1n) is 20.1. The van der Waals surface area contributed by atoms with Gasteiger partial charge in [-0.2, -0.15) is 0 Å². The van der Waals surface area contributed by atoms with Crippen molar-refractivity contribution in [2.45, 2.75) is 218 Å². The van der Waals surface area contributed by atoms with Crippen LogP contribution in [-0.4, -0.2) is 17.3 Å². The maximum Gasteiger partial charge on any atom is -0.00990 e. The average Bonchev–Trinajstić information content (AvgIpc) is 3.03. The van der Waals surface area contributed by atoms with Gasteiger partial charge in [0.1, 0.15) is 0 Å². The molecule has 0 aliphatic rings. The molecule has 0 aliphatic heterocycles. The van der Waals surface area contributed by atoms with Crippen molar-refractivity contribution in [3.05, 3.63) is 30.3 Å². The number of benzene rings is 1. The summed E-state index contributed by atoms with van der Waals surface area (Å²) in [5.74, 6) is 4.51. The lowest BCUT2D eigenvalue weighted by molar-refractivity contribution is 0.560. The molecular formula is C42H80S. The summed E-state index contributed by atoms with van der Waals surface area (Å²) >= 11 is 0. The van der Waals surface area contributed by atoms with Crippen LogP contribution >= 0.6 is 10.0 Å². The molecule has 43 heavy (non-hydrogen) atoms. The summed E-state index contributed by atoms with van der Waals surface area (Å²) in [6.07, 6.45) is 43.6. The Morgan fingerprint density at radius 1 is 0.302 bits per heavy atom. The van der Waals surface area contributed by atoms with Gasteiger partial charge in [-0.3, -0.25) is 0 Å². The van der Waals surface area contributed by atoms with Crippen molar-refractivity contribution in [1.82, 2.24) is 0 Å². The van der Waals surface area contributed by atoms with Crippen molar-refractivity contribution in [1.29, 1.82) is 0 Å². The van der Waals surface area contributed by atoms with E-state index in [0.29, 0.717) is 0 Å². The smallest absolute Gasteiger partial charge is 0.00990 e. The zero-order valence-corrected chi connectivity index (χ0v) is 30.9. The molecule has 0 saturated carbocycles. The molecule has 254 valence electrons. The van der Waals surface area contributed by atoms with Gasteiger partial charge < -0.3 is 0 Å². The number of hydrogen-bond acceptors (Lipinski definition) is 0. The van der Waals surface area contributed by atoms with Crippen molar-refractivity contribution in [3.8, 4) is 0 Å². The standard InChI is InChI=1S/C42H80S/c1-4-7-10-13-16-19-22-25-28-34-39-43(42-37-32-31-33-38-42,40-35-29-26-23-20-17-14-11-8-5-2)41-36-30-27-24-21-18-15-12-9-6-3/h31-33,37-38H,4-30,34-36,39-41H2,1-3H3. The summed E-state index contributed by atoms with van der Waals surface area (Å²) in [4.78, 5) is 1.75. The largest absolute Gasteiger partial charge is 0.215 e. The van der Waals surface area contributed by atoms with Crippen LogP contribution in [0.15, 0.2) is 35.2 Å². The molecule has 0 aromatic heterocycles. The molecule has 0 radical (unpaired) electrons. The molecule has 1 heteroatoms. The van der Waals surface area contributed by atoms with Crippen LogP contribution in [0.3, 0.4) is 0 Å². The van der Waals surface area contributed by atoms with Gasteiger partial charge in [-0.05, 0) is 41.4 Å². The molecule has 0 aliphatic carbocycles. The van der Waals surface area contributed by atoms with Crippen LogP contribution in [0, 0.1) is 0 Å². The van der Waals surface area contributed by atoms with Gasteiger partial charge in [-0.25, -0.2) is 10.0 Å². The van der Waals surface area contributed by atoms with Gasteiger partial charge in [0.05, 0.1) is 0 Å². The lowest BCUT2D eigenvalue weighted by Gasteiger charge is -2.41. The Kier molecular flexibility index (Phi) is 29.8. The van der Waals surface area contributed by atoms with E-state index in [-0.39, 0.29) is 0 Å². The summed E-state index contributed by atoms with van der Waals surface area (Å²) in [6.45, 7) is 6.97. The predicted molar refractivity (Wildman–Crippen MR) is 202 cm³/mol. The Labute approximate surface area is 275 Å². The predicted octanol–water partition coefficient (Wildman–Crippen LogP) is 15.6. The highest BCUT2D eigenvalue weighted by Crippen LogP contribution is 2.57. The first kappa shape index (κ1) is 40.6. The minimum Gasteiger partial charge on any atom is -0.215 e. The molecule has 0 spiro atoms. The fourth-order valence-corrected chi connectivity index (χ4v) is 11.3. The lowest BCUT2D eigenvalue weighted by atomic mass is 10.1. The van der Waals surface area contributed by atoms with Crippen molar-refractivity contribution < 1.29 is 0 Å². The summed E-state index contributed by atoms with van der Waals surface area (Å²) in [6, 6.07) is 12.0. The average molecular weight is 617 g/mol. The minimum absolute atomic E-state index is 0.698. The molecule has 0 atom stereocenters. The Bertz CT molecular complexity index is 592. The van der Waals surface area contributed by atoms with Crippen molar-refractivity contribution in [2.24, 2.45) is 0 Å². The third kappa shape index (κ3) is 23.6. The second-order valence-electron chi connectivity index (χ2n) is 14.0. The Hall–Kier alpha value is -0.430. The van der Waals surface area contributed by atoms with E-state index in [2.05, 4.69) is 51.1 Å². The molecule has 0 amide bonds. The van der Waals surface area contributed by atoms with Crippen LogP contribution in [0.5, 0.6) is 0 Å². The van der Waals surface area contributed by atoms with Crippen molar-refractivity contribution in [3.63, 3.8) is 0 Å². The molecule has 0 N–H and O–H groups in total. The van der Waals surface area contributed by atoms with Gasteiger partial charge in [0.25, 0.3) is 0 Å². The maximum atomic E-state index is 2.53. The SMILES string of the molecule is CCCCCCCCCCCCS(CCCCCCCCCCCC)(CCCCCCCCCCCC)c1ccccc1. The van der Waals surface area contributed by atoms with Crippen LogP contribution in [0.4, 0.5) is 0 Å². The van der Waals surface area contributed by atoms with Gasteiger partial charge in [-0.15, -0.1) is 0 Å². The molecule has 0 unspecified atom stereocenters. The Morgan fingerprint density at radius 2 is 0.535 bits per heavy atom. The maximum absolute atomic E-state index is 2.53. The van der Waals surface area contributed by atoms with Crippen molar-refractivity contribution in [2.75, 3.05) is 17.3 Å². The van der Waals surface area contributed by atoms with E-state index in [1.807, 2.05) is 0 Å². The molecule has 0 bridgehead atoms. The zero-order chi connectivity index (χ0) is 30.9. The third-order valence-corrected chi connectivity index (χ3v) is 14.4. The summed E-state index contributed by atoms with van der Waals surface area (Å²) in [5, 5.41) is 0. The van der Waals surface area contributed by atoms with Crippen LogP contribution < -0.4 is 0 Å². The molecule has 1 aromatic carbocycles. The normalized spacial score (nSPS) is 12.3. The monoisotopic (exact) mass is 617 g/mol. The molecule has 0 fully saturated rings. The van der Waals surface area contributed by atoms with E-state index in [9.17, 15) is 0 Å². The highest BCUT2D eigenvalue weighted by atomic mass is 32.3. The van der Waals surface area contributed by atoms with Gasteiger partial charge in [0.15, 0.2) is 0 Å². The molecule has 1 aromatic rings. The summed E-state index contributed by atoms with van der Waals surface area (Å²) in [7, 11) is -0.698. The van der Waals surface area contributed by atoms with Gasteiger partial charge in [-0.1, -0.05) is 224 Å². The third-order valence-electron chi connectivity index (χ3n) is 9.91. The summed E-state index contributed by atoms with van der Waals surface area (Å²) in [5.41, 5.74) is 0. The van der Waals surface area contributed by atoms with Gasteiger partial charge in [0, 0.05) is 0 Å². The van der Waals surface area contributed by atoms with E-state index in [1.165, 1.54) is 210 Å². The first-order chi connectivity index (χ1) is 21.3. The van der Waals surface area contributed by atoms with E-state index >= 15 is 0 Å². The zero-order valence-electron chi connectivity index (χ0n) is 30.1. The number of unbranched alkanes of at least 4 members (excludes halogenated alkanes) is 27. The van der Waals surface area contributed by atoms with E-state index in [4.69, 9.17) is 0 Å². The van der Waals surface area contributed by atoms with Crippen LogP contribution in [0.1, 0.15) is 213 Å². The van der Waals surface area contributed by atoms with E-state index in [0.717, 1.165) is 0 Å². The number of rotatable bonds is 34. The van der Waals surface area contributed by atoms with Gasteiger partial charge in [0.2, 0.25) is 0 Å². The van der Waals surface area contributed by atoms with Gasteiger partial charge >= 0.3 is 0 Å². The van der Waals surface area contributed by atoms with Crippen LogP contribution in [0.2, 0.25) is 0 Å². The fourth-order valence-electron chi connectivity index (χ4n) is 6.97. The number of hydrogen-bond donors (Lipinski definition) is 0. The molecular weight excluding hydrogens is 537 g/mol. The summed E-state index contributed by atoms with van der Waals surface area (Å²) < 4.78 is 0. The van der Waals surface area contributed by atoms with E-state index in [1.54, 1.807) is 4.90 Å². The quantitative estimate of drug-likeness (QED) is 0.0676.